The van der Waals surface area contributed by atoms with Gasteiger partial charge in [0.2, 0.25) is 21.8 Å². The molecule has 0 aromatic heterocycles. The predicted octanol–water partition coefficient (Wildman–Crippen LogP) is 4.91. The first-order valence-electron chi connectivity index (χ1n) is 11.0. The second-order valence-corrected chi connectivity index (χ2v) is 11.9. The van der Waals surface area contributed by atoms with Gasteiger partial charge in [0.15, 0.2) is 0 Å². The number of hydrogen-bond acceptors (Lipinski definition) is 4. The van der Waals surface area contributed by atoms with Crippen LogP contribution in [0.3, 0.4) is 0 Å². The molecule has 0 fully saturated rings. The number of aryl methyl sites for hydroxylation is 1. The number of anilines is 1. The van der Waals surface area contributed by atoms with Gasteiger partial charge < -0.3 is 10.2 Å². The maximum Gasteiger partial charge on any atom is 0.244 e. The third kappa shape index (κ3) is 8.27. The monoisotopic (exact) mass is 561 g/mol. The smallest absolute Gasteiger partial charge is 0.244 e. The van der Waals surface area contributed by atoms with Crippen molar-refractivity contribution >= 4 is 62.3 Å². The molecule has 1 atom stereocenters. The average molecular weight is 563 g/mol. The van der Waals surface area contributed by atoms with Gasteiger partial charge in [0.25, 0.3) is 0 Å². The lowest BCUT2D eigenvalue weighted by Crippen LogP contribution is -2.51. The third-order valence-corrected chi connectivity index (χ3v) is 7.41. The lowest BCUT2D eigenvalue weighted by Gasteiger charge is -2.32. The van der Waals surface area contributed by atoms with Crippen LogP contribution in [0.2, 0.25) is 15.1 Å². The molecule has 7 nitrogen and oxygen atoms in total. The highest BCUT2D eigenvalue weighted by Crippen LogP contribution is 2.27. The Morgan fingerprint density at radius 3 is 2.23 bits per heavy atom. The molecule has 0 radical (unpaired) electrons. The summed E-state index contributed by atoms with van der Waals surface area (Å²) in [4.78, 5) is 27.7. The molecule has 0 unspecified atom stereocenters. The zero-order chi connectivity index (χ0) is 26.5. The summed E-state index contributed by atoms with van der Waals surface area (Å²) < 4.78 is 26.3. The Labute approximate surface area is 222 Å². The van der Waals surface area contributed by atoms with Crippen molar-refractivity contribution in [3.8, 4) is 0 Å². The number of rotatable bonds is 10. The van der Waals surface area contributed by atoms with Gasteiger partial charge in [-0.15, -0.1) is 0 Å². The van der Waals surface area contributed by atoms with Crippen LogP contribution in [0.15, 0.2) is 36.4 Å². The molecule has 0 aliphatic rings. The van der Waals surface area contributed by atoms with E-state index < -0.39 is 28.5 Å². The first-order chi connectivity index (χ1) is 16.2. The number of sulfonamides is 1. The van der Waals surface area contributed by atoms with Crippen molar-refractivity contribution in [2.24, 2.45) is 5.92 Å². The minimum Gasteiger partial charge on any atom is -0.354 e. The molecule has 2 aromatic carbocycles. The van der Waals surface area contributed by atoms with Crippen LogP contribution < -0.4 is 9.62 Å². The van der Waals surface area contributed by atoms with E-state index in [1.807, 2.05) is 13.8 Å². The summed E-state index contributed by atoms with van der Waals surface area (Å²) in [6.45, 7) is 7.20. The largest absolute Gasteiger partial charge is 0.354 e. The maximum atomic E-state index is 13.6. The van der Waals surface area contributed by atoms with E-state index in [4.69, 9.17) is 34.8 Å². The minimum atomic E-state index is -3.85. The van der Waals surface area contributed by atoms with E-state index >= 15 is 0 Å². The van der Waals surface area contributed by atoms with Crippen LogP contribution in [-0.2, 0) is 26.2 Å². The minimum absolute atomic E-state index is 0.0259. The Morgan fingerprint density at radius 1 is 1.00 bits per heavy atom. The molecule has 2 amide bonds. The first-order valence-corrected chi connectivity index (χ1v) is 13.9. The summed E-state index contributed by atoms with van der Waals surface area (Å²) in [5.41, 5.74) is 1.56. The number of amides is 2. The first kappa shape index (κ1) is 29.2. The Bertz CT molecular complexity index is 1190. The SMILES string of the molecule is Cc1ccc(Cl)cc1N(CC(=O)N(Cc1ccc(Cl)c(Cl)c1)[C@@H](C)C(=O)NCC(C)C)S(C)(=O)=O. The number of carbonyl (C=O) groups excluding carboxylic acids is 2. The number of hydrogen-bond donors (Lipinski definition) is 1. The highest BCUT2D eigenvalue weighted by atomic mass is 35.5. The number of carbonyl (C=O) groups is 2. The zero-order valence-corrected chi connectivity index (χ0v) is 23.4. The fourth-order valence-electron chi connectivity index (χ4n) is 3.32. The highest BCUT2D eigenvalue weighted by molar-refractivity contribution is 7.92. The van der Waals surface area contributed by atoms with Crippen molar-refractivity contribution in [3.63, 3.8) is 0 Å². The molecule has 0 saturated heterocycles. The van der Waals surface area contributed by atoms with Crippen LogP contribution in [0, 0.1) is 12.8 Å². The Morgan fingerprint density at radius 2 is 1.66 bits per heavy atom. The molecule has 0 saturated carbocycles. The standard InChI is InChI=1S/C24H30Cl3N3O4S/c1-15(2)12-28-24(32)17(4)29(13-18-7-9-20(26)21(27)10-18)23(31)14-30(35(5,33)34)22-11-19(25)8-6-16(22)3/h6-11,15,17H,12-14H2,1-5H3,(H,28,32)/t17-/m0/s1. The zero-order valence-electron chi connectivity index (χ0n) is 20.3. The lowest BCUT2D eigenvalue weighted by atomic mass is 10.1. The van der Waals surface area contributed by atoms with Gasteiger partial charge in [-0.1, -0.05) is 60.8 Å². The van der Waals surface area contributed by atoms with Gasteiger partial charge in [0, 0.05) is 18.1 Å². The highest BCUT2D eigenvalue weighted by Gasteiger charge is 2.30. The number of nitrogens with zero attached hydrogens (tertiary/aromatic N) is 2. The van der Waals surface area contributed by atoms with E-state index in [1.165, 1.54) is 11.0 Å². The van der Waals surface area contributed by atoms with Crippen molar-refractivity contribution in [3.05, 3.63) is 62.6 Å². The number of benzene rings is 2. The summed E-state index contributed by atoms with van der Waals surface area (Å²) >= 11 is 18.3. The van der Waals surface area contributed by atoms with E-state index in [2.05, 4.69) is 5.32 Å². The summed E-state index contributed by atoms with van der Waals surface area (Å²) in [6, 6.07) is 8.84. The molecule has 1 N–H and O–H groups in total. The quantitative estimate of drug-likeness (QED) is 0.446. The summed E-state index contributed by atoms with van der Waals surface area (Å²) in [5.74, 6) is -0.693. The van der Waals surface area contributed by atoms with E-state index in [9.17, 15) is 18.0 Å². The summed E-state index contributed by atoms with van der Waals surface area (Å²) in [5, 5.41) is 3.82. The van der Waals surface area contributed by atoms with Gasteiger partial charge in [-0.05, 0) is 55.2 Å². The maximum absolute atomic E-state index is 13.6. The van der Waals surface area contributed by atoms with Crippen LogP contribution in [-0.4, -0.2) is 50.5 Å². The molecule has 0 spiro atoms. The third-order valence-electron chi connectivity index (χ3n) is 5.31. The van der Waals surface area contributed by atoms with Gasteiger partial charge in [-0.25, -0.2) is 8.42 Å². The fourth-order valence-corrected chi connectivity index (χ4v) is 4.70. The van der Waals surface area contributed by atoms with Crippen LogP contribution in [0.5, 0.6) is 0 Å². The molecule has 0 bridgehead atoms. The Hall–Kier alpha value is -2.00. The van der Waals surface area contributed by atoms with Gasteiger partial charge in [-0.3, -0.25) is 13.9 Å². The second kappa shape index (κ2) is 12.3. The van der Waals surface area contributed by atoms with Crippen molar-refractivity contribution in [1.82, 2.24) is 10.2 Å². The lowest BCUT2D eigenvalue weighted by molar-refractivity contribution is -0.139. The fraction of sp³-hybridized carbons (Fsp3) is 0.417. The van der Waals surface area contributed by atoms with Crippen LogP contribution >= 0.6 is 34.8 Å². The molecule has 2 rings (SSSR count). The summed E-state index contributed by atoms with van der Waals surface area (Å²) in [7, 11) is -3.85. The second-order valence-electron chi connectivity index (χ2n) is 8.79. The topological polar surface area (TPSA) is 86.8 Å². The van der Waals surface area contributed by atoms with Crippen molar-refractivity contribution in [2.45, 2.75) is 40.3 Å². The van der Waals surface area contributed by atoms with E-state index in [1.54, 1.807) is 44.2 Å². The number of halogens is 3. The van der Waals surface area contributed by atoms with E-state index in [-0.39, 0.29) is 18.4 Å². The van der Waals surface area contributed by atoms with E-state index in [0.717, 1.165) is 10.6 Å². The van der Waals surface area contributed by atoms with Crippen molar-refractivity contribution in [1.29, 1.82) is 0 Å². The normalized spacial score (nSPS) is 12.4. The molecule has 2 aromatic rings. The van der Waals surface area contributed by atoms with Gasteiger partial charge >= 0.3 is 0 Å². The van der Waals surface area contributed by atoms with Gasteiger partial charge in [0.05, 0.1) is 22.0 Å². The molecule has 192 valence electrons. The predicted molar refractivity (Wildman–Crippen MR) is 143 cm³/mol. The van der Waals surface area contributed by atoms with Gasteiger partial charge in [0.1, 0.15) is 12.6 Å². The molecule has 0 aliphatic carbocycles. The van der Waals surface area contributed by atoms with Crippen molar-refractivity contribution < 1.29 is 18.0 Å². The van der Waals surface area contributed by atoms with Gasteiger partial charge in [-0.2, -0.15) is 0 Å². The Balaban J connectivity index is 2.43. The molecule has 0 heterocycles. The molecule has 0 aliphatic heterocycles. The molecule has 11 heteroatoms. The summed E-state index contributed by atoms with van der Waals surface area (Å²) in [6.07, 6.45) is 1.02. The van der Waals surface area contributed by atoms with E-state index in [0.29, 0.717) is 38.4 Å². The average Bonchev–Trinajstić information content (AvgIpc) is 2.76. The van der Waals surface area contributed by atoms with Crippen LogP contribution in [0.25, 0.3) is 0 Å². The number of nitrogens with one attached hydrogen (secondary N) is 1. The molecular weight excluding hydrogens is 533 g/mol. The van der Waals surface area contributed by atoms with Crippen LogP contribution in [0.1, 0.15) is 31.9 Å². The molecular formula is C24H30Cl3N3O4S. The Kier molecular flexibility index (Phi) is 10.3. The molecule has 35 heavy (non-hydrogen) atoms. The van der Waals surface area contributed by atoms with Crippen LogP contribution in [0.4, 0.5) is 5.69 Å². The van der Waals surface area contributed by atoms with Crippen molar-refractivity contribution in [2.75, 3.05) is 23.7 Å².